The van der Waals surface area contributed by atoms with Crippen LogP contribution in [0.1, 0.15) is 10.4 Å². The Balaban J connectivity index is 1.87. The van der Waals surface area contributed by atoms with Crippen LogP contribution in [0.4, 0.5) is 17.1 Å². The van der Waals surface area contributed by atoms with Crippen molar-refractivity contribution in [3.63, 3.8) is 0 Å². The number of nitrogens with two attached hydrogens (primary N) is 2. The summed E-state index contributed by atoms with van der Waals surface area (Å²) in [6.07, 6.45) is 0. The van der Waals surface area contributed by atoms with Crippen LogP contribution in [0.2, 0.25) is 0 Å². The number of hydrogen-bond donors (Lipinski definition) is 3. The first kappa shape index (κ1) is 15.4. The standard InChI is InChI=1S/C19H17N3O2/c20-15-12-13(19(21)23)10-11-16(15)22-17-8-4-5-9-18(17)24-14-6-2-1-3-7-14/h1-12,22H,20H2,(H2,21,23). The molecule has 0 saturated heterocycles. The van der Waals surface area contributed by atoms with E-state index in [2.05, 4.69) is 5.32 Å². The van der Waals surface area contributed by atoms with Crippen molar-refractivity contribution in [1.82, 2.24) is 0 Å². The predicted molar refractivity (Wildman–Crippen MR) is 95.6 cm³/mol. The molecule has 0 fully saturated rings. The molecule has 0 heterocycles. The van der Waals surface area contributed by atoms with E-state index in [0.717, 1.165) is 11.4 Å². The summed E-state index contributed by atoms with van der Waals surface area (Å²) in [5, 5.41) is 3.23. The van der Waals surface area contributed by atoms with Crippen molar-refractivity contribution < 1.29 is 9.53 Å². The third-order valence-electron chi connectivity index (χ3n) is 3.46. The molecule has 0 bridgehead atoms. The Labute approximate surface area is 139 Å². The average molecular weight is 319 g/mol. The number of primary amides is 1. The van der Waals surface area contributed by atoms with Crippen LogP contribution in [0, 0.1) is 0 Å². The van der Waals surface area contributed by atoms with Gasteiger partial charge >= 0.3 is 0 Å². The summed E-state index contributed by atoms with van der Waals surface area (Å²) in [6, 6.07) is 21.9. The highest BCUT2D eigenvalue weighted by Gasteiger charge is 2.08. The van der Waals surface area contributed by atoms with Gasteiger partial charge in [0.2, 0.25) is 5.91 Å². The number of ether oxygens (including phenoxy) is 1. The van der Waals surface area contributed by atoms with Crippen molar-refractivity contribution in [3.05, 3.63) is 78.4 Å². The molecule has 0 aliphatic carbocycles. The first-order valence-corrected chi connectivity index (χ1v) is 7.42. The highest BCUT2D eigenvalue weighted by atomic mass is 16.5. The third-order valence-corrected chi connectivity index (χ3v) is 3.46. The van der Waals surface area contributed by atoms with Crippen LogP contribution in [0.3, 0.4) is 0 Å². The van der Waals surface area contributed by atoms with Crippen molar-refractivity contribution in [1.29, 1.82) is 0 Å². The normalized spacial score (nSPS) is 10.2. The number of anilines is 3. The fraction of sp³-hybridized carbons (Fsp3) is 0. The van der Waals surface area contributed by atoms with Crippen molar-refractivity contribution >= 4 is 23.0 Å². The van der Waals surface area contributed by atoms with Gasteiger partial charge in [0.15, 0.2) is 5.75 Å². The largest absolute Gasteiger partial charge is 0.455 e. The van der Waals surface area contributed by atoms with Crippen molar-refractivity contribution in [2.75, 3.05) is 11.1 Å². The summed E-state index contributed by atoms with van der Waals surface area (Å²) >= 11 is 0. The van der Waals surface area contributed by atoms with E-state index in [0.29, 0.717) is 22.7 Å². The van der Waals surface area contributed by atoms with Crippen LogP contribution in [-0.2, 0) is 0 Å². The quantitative estimate of drug-likeness (QED) is 0.622. The first-order valence-electron chi connectivity index (χ1n) is 7.42. The van der Waals surface area contributed by atoms with Crippen LogP contribution in [-0.4, -0.2) is 5.91 Å². The Hall–Kier alpha value is -3.47. The lowest BCUT2D eigenvalue weighted by Crippen LogP contribution is -2.11. The van der Waals surface area contributed by atoms with Crippen LogP contribution >= 0.6 is 0 Å². The minimum absolute atomic E-state index is 0.367. The maximum atomic E-state index is 11.2. The lowest BCUT2D eigenvalue weighted by atomic mass is 10.1. The summed E-state index contributed by atoms with van der Waals surface area (Å²) in [5.41, 5.74) is 13.5. The Kier molecular flexibility index (Phi) is 4.34. The van der Waals surface area contributed by atoms with Crippen LogP contribution in [0.5, 0.6) is 11.5 Å². The second kappa shape index (κ2) is 6.75. The number of rotatable bonds is 5. The summed E-state index contributed by atoms with van der Waals surface area (Å²) in [5.74, 6) is 0.895. The Morgan fingerprint density at radius 2 is 1.58 bits per heavy atom. The smallest absolute Gasteiger partial charge is 0.248 e. The van der Waals surface area contributed by atoms with Gasteiger partial charge in [-0.05, 0) is 42.5 Å². The molecule has 5 heteroatoms. The molecule has 0 saturated carbocycles. The monoisotopic (exact) mass is 319 g/mol. The van der Waals surface area contributed by atoms with Gasteiger partial charge in [-0.3, -0.25) is 4.79 Å². The van der Waals surface area contributed by atoms with E-state index in [1.165, 1.54) is 0 Å². The Morgan fingerprint density at radius 3 is 2.29 bits per heavy atom. The third kappa shape index (κ3) is 3.47. The lowest BCUT2D eigenvalue weighted by molar-refractivity contribution is 0.100. The van der Waals surface area contributed by atoms with Gasteiger partial charge in [-0.15, -0.1) is 0 Å². The van der Waals surface area contributed by atoms with Gasteiger partial charge in [0.25, 0.3) is 0 Å². The zero-order chi connectivity index (χ0) is 16.9. The molecular formula is C19H17N3O2. The summed E-state index contributed by atoms with van der Waals surface area (Å²) in [7, 11) is 0. The zero-order valence-electron chi connectivity index (χ0n) is 12.9. The number of carbonyl (C=O) groups is 1. The molecule has 3 aromatic carbocycles. The molecular weight excluding hydrogens is 302 g/mol. The minimum atomic E-state index is -0.513. The van der Waals surface area contributed by atoms with Crippen LogP contribution < -0.4 is 21.5 Å². The molecule has 0 radical (unpaired) electrons. The van der Waals surface area contributed by atoms with Gasteiger partial charge < -0.3 is 21.5 Å². The van der Waals surface area contributed by atoms with Crippen molar-refractivity contribution in [2.24, 2.45) is 5.73 Å². The van der Waals surface area contributed by atoms with Gasteiger partial charge in [0.05, 0.1) is 17.1 Å². The molecule has 5 N–H and O–H groups in total. The SMILES string of the molecule is NC(=O)c1ccc(Nc2ccccc2Oc2ccccc2)c(N)c1. The average Bonchev–Trinajstić information content (AvgIpc) is 2.59. The number of carbonyl (C=O) groups excluding carboxylic acids is 1. The molecule has 1 amide bonds. The van der Waals surface area contributed by atoms with Gasteiger partial charge in [-0.1, -0.05) is 30.3 Å². The molecule has 120 valence electrons. The summed E-state index contributed by atoms with van der Waals surface area (Å²) < 4.78 is 5.91. The summed E-state index contributed by atoms with van der Waals surface area (Å²) in [4.78, 5) is 11.2. The van der Waals surface area contributed by atoms with Gasteiger partial charge in [-0.25, -0.2) is 0 Å². The zero-order valence-corrected chi connectivity index (χ0v) is 12.9. The molecule has 0 unspecified atom stereocenters. The van der Waals surface area contributed by atoms with E-state index >= 15 is 0 Å². The minimum Gasteiger partial charge on any atom is -0.455 e. The second-order valence-electron chi connectivity index (χ2n) is 5.20. The molecule has 0 atom stereocenters. The molecule has 0 aromatic heterocycles. The Morgan fingerprint density at radius 1 is 0.875 bits per heavy atom. The number of para-hydroxylation sites is 3. The van der Waals surface area contributed by atoms with Crippen LogP contribution in [0.15, 0.2) is 72.8 Å². The molecule has 0 spiro atoms. The number of benzene rings is 3. The second-order valence-corrected chi connectivity index (χ2v) is 5.20. The van der Waals surface area contributed by atoms with E-state index in [-0.39, 0.29) is 0 Å². The molecule has 24 heavy (non-hydrogen) atoms. The van der Waals surface area contributed by atoms with E-state index in [1.807, 2.05) is 54.6 Å². The van der Waals surface area contributed by atoms with Crippen molar-refractivity contribution in [2.45, 2.75) is 0 Å². The molecule has 3 rings (SSSR count). The molecule has 0 aliphatic rings. The summed E-state index contributed by atoms with van der Waals surface area (Å²) in [6.45, 7) is 0. The predicted octanol–water partition coefficient (Wildman–Crippen LogP) is 3.90. The van der Waals surface area contributed by atoms with Crippen LogP contribution in [0.25, 0.3) is 0 Å². The molecule has 3 aromatic rings. The fourth-order valence-corrected chi connectivity index (χ4v) is 2.25. The molecule has 5 nitrogen and oxygen atoms in total. The number of nitrogens with one attached hydrogen (secondary N) is 1. The fourth-order valence-electron chi connectivity index (χ4n) is 2.25. The van der Waals surface area contributed by atoms with Gasteiger partial charge in [0, 0.05) is 5.56 Å². The maximum Gasteiger partial charge on any atom is 0.248 e. The highest BCUT2D eigenvalue weighted by Crippen LogP contribution is 2.33. The lowest BCUT2D eigenvalue weighted by Gasteiger charge is -2.14. The van der Waals surface area contributed by atoms with E-state index in [4.69, 9.17) is 16.2 Å². The molecule has 0 aliphatic heterocycles. The number of amides is 1. The van der Waals surface area contributed by atoms with Gasteiger partial charge in [-0.2, -0.15) is 0 Å². The first-order chi connectivity index (χ1) is 11.6. The van der Waals surface area contributed by atoms with Crippen molar-refractivity contribution in [3.8, 4) is 11.5 Å². The van der Waals surface area contributed by atoms with E-state index in [1.54, 1.807) is 18.2 Å². The number of hydrogen-bond acceptors (Lipinski definition) is 4. The highest BCUT2D eigenvalue weighted by molar-refractivity contribution is 5.95. The maximum absolute atomic E-state index is 11.2. The number of nitrogen functional groups attached to an aromatic ring is 1. The topological polar surface area (TPSA) is 90.4 Å². The Bertz CT molecular complexity index is 863. The van der Waals surface area contributed by atoms with Gasteiger partial charge in [0.1, 0.15) is 5.75 Å². The van der Waals surface area contributed by atoms with E-state index in [9.17, 15) is 4.79 Å². The van der Waals surface area contributed by atoms with E-state index < -0.39 is 5.91 Å².